The smallest absolute Gasteiger partial charge is 0.0208 e. The van der Waals surface area contributed by atoms with Crippen LogP contribution in [0, 0.1) is 11.8 Å². The SMILES string of the molecule is CCc1ccc(CN[C@H]2CCC[C@@H](C)[C@@H]2C)cc1. The number of hydrogen-bond donors (Lipinski definition) is 1. The van der Waals surface area contributed by atoms with E-state index in [0.29, 0.717) is 6.04 Å². The maximum atomic E-state index is 3.76. The Balaban J connectivity index is 1.86. The Bertz CT molecular complexity index is 354. The summed E-state index contributed by atoms with van der Waals surface area (Å²) in [6.07, 6.45) is 5.27. The van der Waals surface area contributed by atoms with Gasteiger partial charge in [0.15, 0.2) is 0 Å². The summed E-state index contributed by atoms with van der Waals surface area (Å²) < 4.78 is 0. The van der Waals surface area contributed by atoms with E-state index in [0.717, 1.165) is 24.8 Å². The number of benzene rings is 1. The van der Waals surface area contributed by atoms with Crippen molar-refractivity contribution in [2.24, 2.45) is 11.8 Å². The maximum Gasteiger partial charge on any atom is 0.0208 e. The summed E-state index contributed by atoms with van der Waals surface area (Å²) >= 11 is 0. The van der Waals surface area contributed by atoms with Crippen molar-refractivity contribution in [3.63, 3.8) is 0 Å². The van der Waals surface area contributed by atoms with Gasteiger partial charge in [-0.1, -0.05) is 57.9 Å². The third kappa shape index (κ3) is 3.35. The van der Waals surface area contributed by atoms with Crippen LogP contribution in [0.1, 0.15) is 51.2 Å². The van der Waals surface area contributed by atoms with E-state index in [1.807, 2.05) is 0 Å². The Hall–Kier alpha value is -0.820. The highest BCUT2D eigenvalue weighted by atomic mass is 14.9. The largest absolute Gasteiger partial charge is 0.310 e. The predicted molar refractivity (Wildman–Crippen MR) is 78.6 cm³/mol. The third-order valence-electron chi connectivity index (χ3n) is 4.71. The fourth-order valence-electron chi connectivity index (χ4n) is 3.01. The molecule has 18 heavy (non-hydrogen) atoms. The summed E-state index contributed by atoms with van der Waals surface area (Å²) in [5, 5.41) is 3.76. The van der Waals surface area contributed by atoms with E-state index in [2.05, 4.69) is 50.4 Å². The summed E-state index contributed by atoms with van der Waals surface area (Å²) in [4.78, 5) is 0. The highest BCUT2D eigenvalue weighted by molar-refractivity contribution is 5.22. The Labute approximate surface area is 112 Å². The van der Waals surface area contributed by atoms with Gasteiger partial charge in [0, 0.05) is 12.6 Å². The molecule has 3 atom stereocenters. The highest BCUT2D eigenvalue weighted by Gasteiger charge is 2.26. The molecule has 1 aromatic rings. The van der Waals surface area contributed by atoms with Gasteiger partial charge in [-0.05, 0) is 35.8 Å². The van der Waals surface area contributed by atoms with Crippen LogP contribution in [0.3, 0.4) is 0 Å². The zero-order valence-electron chi connectivity index (χ0n) is 12.1. The van der Waals surface area contributed by atoms with Crippen molar-refractivity contribution in [3.8, 4) is 0 Å². The number of rotatable bonds is 4. The third-order valence-corrected chi connectivity index (χ3v) is 4.71. The molecule has 0 aliphatic heterocycles. The molecular formula is C17H27N. The minimum atomic E-state index is 0.708. The van der Waals surface area contributed by atoms with Crippen LogP contribution in [-0.4, -0.2) is 6.04 Å². The number of nitrogens with one attached hydrogen (secondary N) is 1. The molecule has 2 rings (SSSR count). The molecule has 1 N–H and O–H groups in total. The Kier molecular flexibility index (Phi) is 4.82. The molecule has 0 heterocycles. The van der Waals surface area contributed by atoms with Gasteiger partial charge in [0.25, 0.3) is 0 Å². The Morgan fingerprint density at radius 3 is 2.39 bits per heavy atom. The molecule has 0 amide bonds. The van der Waals surface area contributed by atoms with Crippen molar-refractivity contribution < 1.29 is 0 Å². The quantitative estimate of drug-likeness (QED) is 0.839. The molecule has 100 valence electrons. The lowest BCUT2D eigenvalue weighted by molar-refractivity contribution is 0.206. The molecule has 0 unspecified atom stereocenters. The summed E-state index contributed by atoms with van der Waals surface area (Å²) in [6, 6.07) is 9.75. The lowest BCUT2D eigenvalue weighted by atomic mass is 9.78. The van der Waals surface area contributed by atoms with E-state index in [1.165, 1.54) is 30.4 Å². The second-order valence-electron chi connectivity index (χ2n) is 5.92. The zero-order valence-corrected chi connectivity index (χ0v) is 12.1. The fraction of sp³-hybridized carbons (Fsp3) is 0.647. The fourth-order valence-corrected chi connectivity index (χ4v) is 3.01. The second-order valence-corrected chi connectivity index (χ2v) is 5.92. The minimum absolute atomic E-state index is 0.708. The summed E-state index contributed by atoms with van der Waals surface area (Å²) in [5.41, 5.74) is 2.84. The van der Waals surface area contributed by atoms with Crippen LogP contribution < -0.4 is 5.32 Å². The molecule has 1 fully saturated rings. The van der Waals surface area contributed by atoms with Gasteiger partial charge in [0.05, 0.1) is 0 Å². The van der Waals surface area contributed by atoms with Crippen molar-refractivity contribution in [2.75, 3.05) is 0 Å². The highest BCUT2D eigenvalue weighted by Crippen LogP contribution is 2.29. The van der Waals surface area contributed by atoms with E-state index >= 15 is 0 Å². The molecule has 0 saturated heterocycles. The van der Waals surface area contributed by atoms with E-state index < -0.39 is 0 Å². The zero-order chi connectivity index (χ0) is 13.0. The number of hydrogen-bond acceptors (Lipinski definition) is 1. The lowest BCUT2D eigenvalue weighted by Crippen LogP contribution is -2.40. The first-order valence-electron chi connectivity index (χ1n) is 7.52. The molecule has 1 heteroatoms. The molecule has 1 aliphatic rings. The van der Waals surface area contributed by atoms with Gasteiger partial charge in [-0.2, -0.15) is 0 Å². The molecule has 0 radical (unpaired) electrons. The normalized spacial score (nSPS) is 28.3. The van der Waals surface area contributed by atoms with E-state index in [4.69, 9.17) is 0 Å². The molecular weight excluding hydrogens is 218 g/mol. The summed E-state index contributed by atoms with van der Waals surface area (Å²) in [5.74, 6) is 1.69. The van der Waals surface area contributed by atoms with Gasteiger partial charge in [-0.3, -0.25) is 0 Å². The van der Waals surface area contributed by atoms with Crippen LogP contribution in [0.25, 0.3) is 0 Å². The molecule has 0 spiro atoms. The first-order chi connectivity index (χ1) is 8.70. The lowest BCUT2D eigenvalue weighted by Gasteiger charge is -2.34. The van der Waals surface area contributed by atoms with Crippen molar-refractivity contribution in [3.05, 3.63) is 35.4 Å². The summed E-state index contributed by atoms with van der Waals surface area (Å²) in [6.45, 7) is 8.03. The van der Waals surface area contributed by atoms with E-state index in [1.54, 1.807) is 0 Å². The van der Waals surface area contributed by atoms with Gasteiger partial charge >= 0.3 is 0 Å². The van der Waals surface area contributed by atoms with Gasteiger partial charge in [0.2, 0.25) is 0 Å². The molecule has 0 aromatic heterocycles. The molecule has 1 aromatic carbocycles. The van der Waals surface area contributed by atoms with Crippen molar-refractivity contribution in [2.45, 2.75) is 59.0 Å². The maximum absolute atomic E-state index is 3.76. The van der Waals surface area contributed by atoms with Gasteiger partial charge in [0.1, 0.15) is 0 Å². The predicted octanol–water partition coefficient (Wildman–Crippen LogP) is 4.16. The molecule has 0 bridgehead atoms. The topological polar surface area (TPSA) is 12.0 Å². The molecule has 1 saturated carbocycles. The second kappa shape index (κ2) is 6.38. The van der Waals surface area contributed by atoms with Gasteiger partial charge in [-0.25, -0.2) is 0 Å². The Morgan fingerprint density at radius 1 is 1.06 bits per heavy atom. The first-order valence-corrected chi connectivity index (χ1v) is 7.52. The monoisotopic (exact) mass is 245 g/mol. The van der Waals surface area contributed by atoms with Crippen LogP contribution in [0.2, 0.25) is 0 Å². The van der Waals surface area contributed by atoms with Crippen LogP contribution >= 0.6 is 0 Å². The standard InChI is InChI=1S/C17H27N/c1-4-15-8-10-16(11-9-15)12-18-17-7-5-6-13(2)14(17)3/h8-11,13-14,17-18H,4-7,12H2,1-3H3/t13-,14+,17+/m1/s1. The van der Waals surface area contributed by atoms with Crippen LogP contribution in [-0.2, 0) is 13.0 Å². The first kappa shape index (κ1) is 13.6. The van der Waals surface area contributed by atoms with Crippen LogP contribution in [0.5, 0.6) is 0 Å². The average Bonchev–Trinajstić information content (AvgIpc) is 2.41. The summed E-state index contributed by atoms with van der Waals surface area (Å²) in [7, 11) is 0. The van der Waals surface area contributed by atoms with Crippen molar-refractivity contribution in [1.82, 2.24) is 5.32 Å². The van der Waals surface area contributed by atoms with Crippen LogP contribution in [0.4, 0.5) is 0 Å². The van der Waals surface area contributed by atoms with Gasteiger partial charge in [-0.15, -0.1) is 0 Å². The van der Waals surface area contributed by atoms with E-state index in [9.17, 15) is 0 Å². The molecule has 1 nitrogen and oxygen atoms in total. The number of aryl methyl sites for hydroxylation is 1. The van der Waals surface area contributed by atoms with Gasteiger partial charge < -0.3 is 5.32 Å². The minimum Gasteiger partial charge on any atom is -0.310 e. The van der Waals surface area contributed by atoms with E-state index in [-0.39, 0.29) is 0 Å². The Morgan fingerprint density at radius 2 is 1.72 bits per heavy atom. The van der Waals surface area contributed by atoms with Crippen LogP contribution in [0.15, 0.2) is 24.3 Å². The van der Waals surface area contributed by atoms with Crippen molar-refractivity contribution >= 4 is 0 Å². The average molecular weight is 245 g/mol. The molecule has 1 aliphatic carbocycles. The van der Waals surface area contributed by atoms with Crippen molar-refractivity contribution in [1.29, 1.82) is 0 Å².